The third-order valence-electron chi connectivity index (χ3n) is 6.45. The summed E-state index contributed by atoms with van der Waals surface area (Å²) in [5, 5.41) is 5.29. The SMILES string of the molecule is COC(=O)[C@@H](Cc1ccccc1)C(=O)N[C@@H](Cc1ccc(NO[SH](=O)=O)cc1)c1csc(CS(=O)(=O)c2ccc(Cl)cc2)n1. The van der Waals surface area contributed by atoms with E-state index in [2.05, 4.69) is 20.1 Å². The van der Waals surface area contributed by atoms with Crippen molar-refractivity contribution in [2.75, 3.05) is 12.6 Å². The highest BCUT2D eigenvalue weighted by Gasteiger charge is 2.31. The number of rotatable bonds is 14. The van der Waals surface area contributed by atoms with Crippen LogP contribution in [0, 0.1) is 5.92 Å². The van der Waals surface area contributed by atoms with Gasteiger partial charge in [-0.25, -0.2) is 27.3 Å². The molecule has 0 spiro atoms. The zero-order valence-corrected chi connectivity index (χ0v) is 26.5. The molecule has 44 heavy (non-hydrogen) atoms. The van der Waals surface area contributed by atoms with Gasteiger partial charge >= 0.3 is 5.97 Å². The molecule has 232 valence electrons. The predicted molar refractivity (Wildman–Crippen MR) is 166 cm³/mol. The molecule has 0 bridgehead atoms. The second-order valence-electron chi connectivity index (χ2n) is 9.52. The lowest BCUT2D eigenvalue weighted by Gasteiger charge is -2.21. The monoisotopic (exact) mass is 677 g/mol. The molecule has 1 aromatic heterocycles. The minimum atomic E-state index is -3.72. The number of thiazole rings is 1. The van der Waals surface area contributed by atoms with Crippen molar-refractivity contribution in [3.8, 4) is 0 Å². The van der Waals surface area contributed by atoms with Gasteiger partial charge in [-0.05, 0) is 60.4 Å². The molecule has 0 fully saturated rings. The first-order chi connectivity index (χ1) is 21.0. The number of amides is 1. The number of esters is 1. The van der Waals surface area contributed by atoms with Gasteiger partial charge in [0, 0.05) is 10.4 Å². The highest BCUT2D eigenvalue weighted by molar-refractivity contribution is 7.90. The summed E-state index contributed by atoms with van der Waals surface area (Å²) < 4.78 is 56.7. The summed E-state index contributed by atoms with van der Waals surface area (Å²) in [6.45, 7) is 0. The Morgan fingerprint density at radius 1 is 0.955 bits per heavy atom. The Morgan fingerprint density at radius 3 is 2.25 bits per heavy atom. The van der Waals surface area contributed by atoms with Crippen LogP contribution in [0.3, 0.4) is 0 Å². The molecule has 0 radical (unpaired) electrons. The van der Waals surface area contributed by atoms with E-state index in [9.17, 15) is 26.4 Å². The van der Waals surface area contributed by atoms with E-state index < -0.39 is 44.7 Å². The molecular formula is C29H28ClN3O8S3. The van der Waals surface area contributed by atoms with E-state index >= 15 is 0 Å². The number of nitrogens with zero attached hydrogens (tertiary/aromatic N) is 1. The highest BCUT2D eigenvalue weighted by Crippen LogP contribution is 2.26. The lowest BCUT2D eigenvalue weighted by Crippen LogP contribution is -2.40. The predicted octanol–water partition coefficient (Wildman–Crippen LogP) is 4.07. The third kappa shape index (κ3) is 9.34. The number of aromatic nitrogens is 1. The lowest BCUT2D eigenvalue weighted by atomic mass is 9.97. The van der Waals surface area contributed by atoms with Crippen molar-refractivity contribution >= 4 is 61.3 Å². The van der Waals surface area contributed by atoms with E-state index in [1.165, 1.54) is 31.4 Å². The van der Waals surface area contributed by atoms with Gasteiger partial charge in [0.05, 0.1) is 29.4 Å². The van der Waals surface area contributed by atoms with Crippen molar-refractivity contribution in [2.45, 2.75) is 29.5 Å². The molecule has 1 heterocycles. The van der Waals surface area contributed by atoms with Gasteiger partial charge in [0.15, 0.2) is 9.84 Å². The summed E-state index contributed by atoms with van der Waals surface area (Å²) in [4.78, 5) is 30.9. The second-order valence-corrected chi connectivity index (χ2v) is 13.5. The quantitative estimate of drug-likeness (QED) is 0.0769. The molecule has 15 heteroatoms. The molecule has 0 unspecified atom stereocenters. The van der Waals surface area contributed by atoms with E-state index in [1.54, 1.807) is 53.9 Å². The number of thiol groups is 1. The molecule has 0 aliphatic rings. The molecule has 4 aromatic rings. The average Bonchev–Trinajstić information content (AvgIpc) is 3.47. The Hall–Kier alpha value is -3.82. The van der Waals surface area contributed by atoms with Crippen LogP contribution in [0.4, 0.5) is 5.69 Å². The Morgan fingerprint density at radius 2 is 1.61 bits per heavy atom. The Bertz CT molecular complexity index is 1750. The molecule has 0 aliphatic heterocycles. The second kappa shape index (κ2) is 15.3. The summed E-state index contributed by atoms with van der Waals surface area (Å²) in [7, 11) is -5.61. The first-order valence-electron chi connectivity index (χ1n) is 13.0. The number of sulfone groups is 1. The van der Waals surface area contributed by atoms with Crippen molar-refractivity contribution in [3.05, 3.63) is 111 Å². The lowest BCUT2D eigenvalue weighted by molar-refractivity contribution is -0.150. The molecule has 3 aromatic carbocycles. The van der Waals surface area contributed by atoms with Gasteiger partial charge in [-0.2, -0.15) is 4.28 Å². The standard InChI is InChI=1S/C29H28ClN3O8S3/c1-40-29(35)24(15-19-5-3-2-4-6-19)28(34)32-25(16-20-7-11-22(12-8-20)33-41-43(36)37)26-17-42-27(31-26)18-44(38,39)23-13-9-21(30)10-14-23/h2-14,17,24-25,33,43H,15-16,18H2,1H3,(H,32,34)/t24-,25-/m0/s1. The normalized spacial score (nSPS) is 12.8. The summed E-state index contributed by atoms with van der Waals surface area (Å²) in [6, 6.07) is 20.7. The van der Waals surface area contributed by atoms with E-state index in [1.807, 2.05) is 6.07 Å². The third-order valence-corrected chi connectivity index (χ3v) is 9.63. The number of carbonyl (C=O) groups excluding carboxylic acids is 2. The maximum absolute atomic E-state index is 13.5. The molecule has 2 atom stereocenters. The van der Waals surface area contributed by atoms with Crippen LogP contribution in [-0.4, -0.2) is 40.8 Å². The zero-order chi connectivity index (χ0) is 31.7. The molecule has 11 nitrogen and oxygen atoms in total. The van der Waals surface area contributed by atoms with Gasteiger partial charge in [0.2, 0.25) is 5.91 Å². The molecule has 2 N–H and O–H groups in total. The van der Waals surface area contributed by atoms with Gasteiger partial charge < -0.3 is 10.1 Å². The molecule has 1 amide bonds. The van der Waals surface area contributed by atoms with Crippen LogP contribution < -0.4 is 10.8 Å². The summed E-state index contributed by atoms with van der Waals surface area (Å²) in [5.74, 6) is -2.79. The Kier molecular flexibility index (Phi) is 11.5. The molecular weight excluding hydrogens is 650 g/mol. The fourth-order valence-electron chi connectivity index (χ4n) is 4.25. The van der Waals surface area contributed by atoms with Crippen LogP contribution in [0.15, 0.2) is 89.1 Å². The number of ether oxygens (including phenoxy) is 1. The van der Waals surface area contributed by atoms with Gasteiger partial charge in [0.25, 0.3) is 11.0 Å². The van der Waals surface area contributed by atoms with Gasteiger partial charge in [-0.15, -0.1) is 11.3 Å². The van der Waals surface area contributed by atoms with Gasteiger partial charge in [-0.3, -0.25) is 9.59 Å². The van der Waals surface area contributed by atoms with Crippen molar-refractivity contribution in [2.24, 2.45) is 5.92 Å². The Balaban J connectivity index is 1.59. The van der Waals surface area contributed by atoms with Crippen LogP contribution in [0.25, 0.3) is 0 Å². The Labute approximate surface area is 265 Å². The largest absolute Gasteiger partial charge is 0.468 e. The van der Waals surface area contributed by atoms with Crippen LogP contribution in [0.2, 0.25) is 5.02 Å². The fraction of sp³-hybridized carbons (Fsp3) is 0.207. The topological polar surface area (TPSA) is 158 Å². The zero-order valence-electron chi connectivity index (χ0n) is 23.2. The number of carbonyl (C=O) groups is 2. The maximum atomic E-state index is 13.5. The number of anilines is 1. The minimum Gasteiger partial charge on any atom is -0.468 e. The number of methoxy groups -OCH3 is 1. The summed E-state index contributed by atoms with van der Waals surface area (Å²) in [6.07, 6.45) is 0.324. The van der Waals surface area contributed by atoms with E-state index in [-0.39, 0.29) is 23.5 Å². The van der Waals surface area contributed by atoms with E-state index in [0.29, 0.717) is 21.4 Å². The van der Waals surface area contributed by atoms with Crippen LogP contribution in [0.5, 0.6) is 0 Å². The number of halogens is 1. The average molecular weight is 678 g/mol. The van der Waals surface area contributed by atoms with Crippen LogP contribution >= 0.6 is 22.9 Å². The van der Waals surface area contributed by atoms with Crippen LogP contribution in [-0.2, 0) is 58.0 Å². The first-order valence-corrected chi connectivity index (χ1v) is 17.1. The highest BCUT2D eigenvalue weighted by atomic mass is 35.5. The summed E-state index contributed by atoms with van der Waals surface area (Å²) in [5.41, 5.74) is 4.58. The number of hydrogen-bond donors (Lipinski definition) is 3. The first kappa shape index (κ1) is 33.1. The number of benzene rings is 3. The van der Waals surface area contributed by atoms with E-state index in [4.69, 9.17) is 16.3 Å². The van der Waals surface area contributed by atoms with Crippen molar-refractivity contribution in [1.82, 2.24) is 10.3 Å². The number of hydrogen-bond acceptors (Lipinski definition) is 11. The van der Waals surface area contributed by atoms with Crippen molar-refractivity contribution < 1.29 is 35.4 Å². The molecule has 0 saturated carbocycles. The molecule has 0 saturated heterocycles. The number of nitrogens with one attached hydrogen (secondary N) is 2. The minimum absolute atomic E-state index is 0.101. The van der Waals surface area contributed by atoms with Gasteiger partial charge in [-0.1, -0.05) is 54.1 Å². The maximum Gasteiger partial charge on any atom is 0.318 e. The van der Waals surface area contributed by atoms with Crippen molar-refractivity contribution in [1.29, 1.82) is 0 Å². The van der Waals surface area contributed by atoms with Crippen LogP contribution in [0.1, 0.15) is 27.9 Å². The summed E-state index contributed by atoms with van der Waals surface area (Å²) >= 11 is 7.03. The van der Waals surface area contributed by atoms with Gasteiger partial charge in [0.1, 0.15) is 16.7 Å². The smallest absolute Gasteiger partial charge is 0.318 e. The molecule has 0 aliphatic carbocycles. The van der Waals surface area contributed by atoms with E-state index in [0.717, 1.165) is 22.5 Å². The molecule has 4 rings (SSSR count). The fourth-order valence-corrected chi connectivity index (χ4v) is 7.03. The van der Waals surface area contributed by atoms with Crippen molar-refractivity contribution in [3.63, 3.8) is 0 Å².